The molecule has 3 rings (SSSR count). The fourth-order valence-electron chi connectivity index (χ4n) is 2.14. The Balaban J connectivity index is 2.07. The number of rotatable bonds is 2. The number of imidazole rings is 1. The average Bonchev–Trinajstić information content (AvgIpc) is 2.65. The molecule has 19 heavy (non-hydrogen) atoms. The van der Waals surface area contributed by atoms with E-state index in [9.17, 15) is 0 Å². The van der Waals surface area contributed by atoms with Gasteiger partial charge in [-0.05, 0) is 37.3 Å². The molecule has 0 spiro atoms. The monoisotopic (exact) mass is 272 g/mol. The van der Waals surface area contributed by atoms with E-state index in [1.807, 2.05) is 47.9 Å². The van der Waals surface area contributed by atoms with Crippen LogP contribution in [0, 0.1) is 6.92 Å². The van der Waals surface area contributed by atoms with Crippen LogP contribution in [0.1, 0.15) is 11.4 Å². The number of hydrogen-bond donors (Lipinski definition) is 1. The zero-order chi connectivity index (χ0) is 13.4. The van der Waals surface area contributed by atoms with Crippen LogP contribution in [0.2, 0.25) is 5.02 Å². The van der Waals surface area contributed by atoms with Crippen molar-refractivity contribution in [1.82, 2.24) is 14.5 Å². The summed E-state index contributed by atoms with van der Waals surface area (Å²) in [5.41, 5.74) is 9.69. The second kappa shape index (κ2) is 4.55. The summed E-state index contributed by atoms with van der Waals surface area (Å²) < 4.78 is 1.94. The van der Waals surface area contributed by atoms with Gasteiger partial charge in [0.15, 0.2) is 0 Å². The van der Waals surface area contributed by atoms with Crippen LogP contribution in [-0.2, 0) is 6.54 Å². The molecule has 4 nitrogen and oxygen atoms in total. The molecule has 0 aliphatic carbocycles. The van der Waals surface area contributed by atoms with Crippen molar-refractivity contribution in [2.45, 2.75) is 13.5 Å². The van der Waals surface area contributed by atoms with Gasteiger partial charge in [0.25, 0.3) is 0 Å². The minimum absolute atomic E-state index is 0.473. The Morgan fingerprint density at radius 1 is 1.21 bits per heavy atom. The predicted octanol–water partition coefficient (Wildman–Crippen LogP) is 3.02. The van der Waals surface area contributed by atoms with Crippen LogP contribution in [0.25, 0.3) is 11.0 Å². The average molecular weight is 273 g/mol. The number of pyridine rings is 1. The third-order valence-corrected chi connectivity index (χ3v) is 3.24. The van der Waals surface area contributed by atoms with Crippen LogP contribution in [-0.4, -0.2) is 14.5 Å². The van der Waals surface area contributed by atoms with Gasteiger partial charge in [-0.2, -0.15) is 0 Å². The summed E-state index contributed by atoms with van der Waals surface area (Å²) in [6, 6.07) is 11.5. The van der Waals surface area contributed by atoms with Crippen LogP contribution in [0.3, 0.4) is 0 Å². The van der Waals surface area contributed by atoms with Crippen molar-refractivity contribution in [1.29, 1.82) is 0 Å². The molecule has 96 valence electrons. The van der Waals surface area contributed by atoms with E-state index in [0.717, 1.165) is 22.4 Å². The van der Waals surface area contributed by atoms with E-state index in [0.29, 0.717) is 17.5 Å². The zero-order valence-electron chi connectivity index (χ0n) is 10.5. The summed E-state index contributed by atoms with van der Waals surface area (Å²) in [7, 11) is 0. The molecule has 0 amide bonds. The van der Waals surface area contributed by atoms with Gasteiger partial charge in [-0.1, -0.05) is 17.7 Å². The smallest absolute Gasteiger partial charge is 0.201 e. The Morgan fingerprint density at radius 3 is 2.84 bits per heavy atom. The van der Waals surface area contributed by atoms with Crippen molar-refractivity contribution >= 4 is 28.6 Å². The Kier molecular flexibility index (Phi) is 2.87. The molecule has 0 aliphatic heterocycles. The van der Waals surface area contributed by atoms with Crippen molar-refractivity contribution in [2.75, 3.05) is 5.73 Å². The summed E-state index contributed by atoms with van der Waals surface area (Å²) in [6.07, 6.45) is 0. The number of nitrogens with two attached hydrogens (primary N) is 1. The van der Waals surface area contributed by atoms with Gasteiger partial charge in [0, 0.05) is 10.7 Å². The Morgan fingerprint density at radius 2 is 2.05 bits per heavy atom. The molecule has 0 unspecified atom stereocenters. The first kappa shape index (κ1) is 12.0. The predicted molar refractivity (Wildman–Crippen MR) is 77.2 cm³/mol. The topological polar surface area (TPSA) is 56.7 Å². The third-order valence-electron chi connectivity index (χ3n) is 3.01. The van der Waals surface area contributed by atoms with E-state index < -0.39 is 0 Å². The van der Waals surface area contributed by atoms with E-state index in [1.165, 1.54) is 0 Å². The quantitative estimate of drug-likeness (QED) is 0.780. The first-order chi connectivity index (χ1) is 9.13. The maximum atomic E-state index is 5.97. The minimum Gasteiger partial charge on any atom is -0.369 e. The molecule has 0 aliphatic rings. The van der Waals surface area contributed by atoms with E-state index in [-0.39, 0.29) is 0 Å². The van der Waals surface area contributed by atoms with Gasteiger partial charge in [0.1, 0.15) is 0 Å². The van der Waals surface area contributed by atoms with Crippen LogP contribution in [0.5, 0.6) is 0 Å². The molecule has 0 bridgehead atoms. The molecule has 1 aromatic carbocycles. The van der Waals surface area contributed by atoms with Crippen LogP contribution in [0.15, 0.2) is 36.4 Å². The number of fused-ring (bicyclic) bond motifs is 1. The highest BCUT2D eigenvalue weighted by Gasteiger charge is 2.09. The van der Waals surface area contributed by atoms with Gasteiger partial charge in [-0.25, -0.2) is 4.98 Å². The molecule has 5 heteroatoms. The van der Waals surface area contributed by atoms with Gasteiger partial charge in [0.05, 0.1) is 23.3 Å². The highest BCUT2D eigenvalue weighted by atomic mass is 35.5. The fourth-order valence-corrected chi connectivity index (χ4v) is 2.30. The number of benzene rings is 1. The third kappa shape index (κ3) is 2.27. The van der Waals surface area contributed by atoms with Crippen molar-refractivity contribution in [2.24, 2.45) is 0 Å². The second-order valence-corrected chi connectivity index (χ2v) is 4.90. The van der Waals surface area contributed by atoms with E-state index in [2.05, 4.69) is 9.97 Å². The van der Waals surface area contributed by atoms with Crippen molar-refractivity contribution in [3.05, 3.63) is 52.8 Å². The number of aryl methyl sites for hydroxylation is 1. The fraction of sp³-hybridized carbons (Fsp3) is 0.143. The van der Waals surface area contributed by atoms with Crippen LogP contribution < -0.4 is 5.73 Å². The van der Waals surface area contributed by atoms with Crippen molar-refractivity contribution in [3.8, 4) is 0 Å². The van der Waals surface area contributed by atoms with Gasteiger partial charge in [-0.15, -0.1) is 0 Å². The molecular weight excluding hydrogens is 260 g/mol. The first-order valence-corrected chi connectivity index (χ1v) is 6.35. The molecule has 0 fully saturated rings. The molecule has 0 saturated heterocycles. The number of nitrogen functional groups attached to an aromatic ring is 1. The van der Waals surface area contributed by atoms with Crippen molar-refractivity contribution < 1.29 is 0 Å². The molecule has 2 N–H and O–H groups in total. The number of halogens is 1. The van der Waals surface area contributed by atoms with Crippen molar-refractivity contribution in [3.63, 3.8) is 0 Å². The summed E-state index contributed by atoms with van der Waals surface area (Å²) in [4.78, 5) is 8.80. The number of anilines is 1. The standard InChI is InChI=1S/C14H13ClN4/c1-9-3-2-4-11(17-9)8-19-13-6-5-10(15)7-12(13)18-14(19)16/h2-7H,8H2,1H3,(H2,16,18). The molecule has 2 heterocycles. The van der Waals surface area contributed by atoms with Gasteiger partial charge >= 0.3 is 0 Å². The zero-order valence-corrected chi connectivity index (χ0v) is 11.2. The summed E-state index contributed by atoms with van der Waals surface area (Å²) in [6.45, 7) is 2.57. The summed E-state index contributed by atoms with van der Waals surface area (Å²) >= 11 is 5.96. The molecule has 0 radical (unpaired) electrons. The number of nitrogens with zero attached hydrogens (tertiary/aromatic N) is 3. The van der Waals surface area contributed by atoms with Gasteiger partial charge in [0.2, 0.25) is 5.95 Å². The van der Waals surface area contributed by atoms with E-state index >= 15 is 0 Å². The summed E-state index contributed by atoms with van der Waals surface area (Å²) in [5, 5.41) is 0.658. The largest absolute Gasteiger partial charge is 0.369 e. The van der Waals surface area contributed by atoms with Gasteiger partial charge in [-0.3, -0.25) is 4.98 Å². The Labute approximate surface area is 115 Å². The molecular formula is C14H13ClN4. The normalized spacial score (nSPS) is 11.1. The number of hydrogen-bond acceptors (Lipinski definition) is 3. The van der Waals surface area contributed by atoms with E-state index in [1.54, 1.807) is 0 Å². The van der Waals surface area contributed by atoms with Gasteiger partial charge < -0.3 is 10.3 Å². The minimum atomic E-state index is 0.473. The lowest BCUT2D eigenvalue weighted by molar-refractivity contribution is 0.804. The Bertz CT molecular complexity index is 748. The van der Waals surface area contributed by atoms with E-state index in [4.69, 9.17) is 17.3 Å². The lowest BCUT2D eigenvalue weighted by Crippen LogP contribution is -2.06. The SMILES string of the molecule is Cc1cccc(Cn2c(N)nc3cc(Cl)ccc32)n1. The lowest BCUT2D eigenvalue weighted by atomic mass is 10.3. The first-order valence-electron chi connectivity index (χ1n) is 5.97. The molecule has 0 saturated carbocycles. The highest BCUT2D eigenvalue weighted by molar-refractivity contribution is 6.31. The highest BCUT2D eigenvalue weighted by Crippen LogP contribution is 2.22. The van der Waals surface area contributed by atoms with Crippen LogP contribution >= 0.6 is 11.6 Å². The Hall–Kier alpha value is -2.07. The lowest BCUT2D eigenvalue weighted by Gasteiger charge is -2.06. The maximum absolute atomic E-state index is 5.97. The second-order valence-electron chi connectivity index (χ2n) is 4.46. The molecule has 2 aromatic heterocycles. The van der Waals surface area contributed by atoms with Crippen LogP contribution in [0.4, 0.5) is 5.95 Å². The molecule has 3 aromatic rings. The molecule has 0 atom stereocenters. The summed E-state index contributed by atoms with van der Waals surface area (Å²) in [5.74, 6) is 0.473. The number of aromatic nitrogens is 3. The maximum Gasteiger partial charge on any atom is 0.201 e.